The molecular formula is C19H23N5O2. The van der Waals surface area contributed by atoms with Crippen molar-refractivity contribution in [1.29, 1.82) is 0 Å². The Balaban J connectivity index is 1.54. The highest BCUT2D eigenvalue weighted by Crippen LogP contribution is 2.32. The van der Waals surface area contributed by atoms with Crippen molar-refractivity contribution in [3.8, 4) is 0 Å². The molecule has 3 aliphatic rings. The summed E-state index contributed by atoms with van der Waals surface area (Å²) in [5.41, 5.74) is 0.565. The number of nitrogens with zero attached hydrogens (tertiary/aromatic N) is 5. The Kier molecular flexibility index (Phi) is 4.30. The molecule has 4 rings (SSSR count). The highest BCUT2D eigenvalue weighted by atomic mass is 16.2. The maximum Gasteiger partial charge on any atom is 0.332 e. The van der Waals surface area contributed by atoms with E-state index in [4.69, 9.17) is 0 Å². The monoisotopic (exact) mass is 353 g/mol. The number of azo groups is 1. The number of aliphatic imine (C=N–C) groups is 1. The number of aromatic nitrogens is 2. The second-order valence-corrected chi connectivity index (χ2v) is 7.46. The number of hydrogen-bond donors (Lipinski definition) is 0. The van der Waals surface area contributed by atoms with E-state index in [0.29, 0.717) is 30.7 Å². The van der Waals surface area contributed by atoms with Gasteiger partial charge in [0.2, 0.25) is 0 Å². The molecule has 0 spiro atoms. The largest absolute Gasteiger partial charge is 0.332 e. The average molecular weight is 353 g/mol. The summed E-state index contributed by atoms with van der Waals surface area (Å²) in [6, 6.07) is 1.59. The van der Waals surface area contributed by atoms with Crippen LogP contribution in [0, 0.1) is 17.8 Å². The zero-order valence-electron chi connectivity index (χ0n) is 15.1. The molecule has 0 saturated heterocycles. The molecule has 1 fully saturated rings. The van der Waals surface area contributed by atoms with E-state index >= 15 is 0 Å². The van der Waals surface area contributed by atoms with E-state index in [1.165, 1.54) is 18.7 Å². The SMILES string of the molecule is CC1=CC2C(CN=Nc3cc(=O)n(C)c(=O)n3CC3CC3)C=NC2C=C1. The first-order valence-corrected chi connectivity index (χ1v) is 9.11. The molecule has 3 atom stereocenters. The van der Waals surface area contributed by atoms with Gasteiger partial charge < -0.3 is 0 Å². The second-order valence-electron chi connectivity index (χ2n) is 7.46. The van der Waals surface area contributed by atoms with Gasteiger partial charge in [0.05, 0.1) is 12.6 Å². The third-order valence-electron chi connectivity index (χ3n) is 5.33. The molecule has 0 radical (unpaired) electrons. The molecular weight excluding hydrogens is 330 g/mol. The van der Waals surface area contributed by atoms with E-state index in [1.807, 2.05) is 6.21 Å². The van der Waals surface area contributed by atoms with Gasteiger partial charge in [-0.1, -0.05) is 23.8 Å². The summed E-state index contributed by atoms with van der Waals surface area (Å²) in [5.74, 6) is 1.37. The Bertz CT molecular complexity index is 946. The molecule has 2 heterocycles. The molecule has 1 aromatic heterocycles. The van der Waals surface area contributed by atoms with Crippen LogP contribution in [0.2, 0.25) is 0 Å². The minimum Gasteiger partial charge on any atom is -0.289 e. The average Bonchev–Trinajstić information content (AvgIpc) is 3.36. The Hall–Kier alpha value is -2.57. The molecule has 1 aromatic rings. The summed E-state index contributed by atoms with van der Waals surface area (Å²) < 4.78 is 2.69. The van der Waals surface area contributed by atoms with Gasteiger partial charge in [0, 0.05) is 37.7 Å². The molecule has 7 nitrogen and oxygen atoms in total. The van der Waals surface area contributed by atoms with Crippen molar-refractivity contribution in [3.05, 3.63) is 50.7 Å². The first-order valence-electron chi connectivity index (χ1n) is 9.11. The lowest BCUT2D eigenvalue weighted by Gasteiger charge is -2.20. The van der Waals surface area contributed by atoms with Gasteiger partial charge in [-0.3, -0.25) is 18.9 Å². The van der Waals surface area contributed by atoms with Crippen LogP contribution in [0.5, 0.6) is 0 Å². The van der Waals surface area contributed by atoms with Crippen LogP contribution in [0.15, 0.2) is 54.7 Å². The summed E-state index contributed by atoms with van der Waals surface area (Å²) >= 11 is 0. The van der Waals surface area contributed by atoms with Crippen molar-refractivity contribution in [1.82, 2.24) is 9.13 Å². The Labute approximate surface area is 151 Å². The van der Waals surface area contributed by atoms with Gasteiger partial charge in [-0.15, -0.1) is 5.11 Å². The molecule has 7 heteroatoms. The van der Waals surface area contributed by atoms with Crippen LogP contribution in [0.3, 0.4) is 0 Å². The van der Waals surface area contributed by atoms with Crippen LogP contribution in [-0.4, -0.2) is 27.9 Å². The molecule has 26 heavy (non-hydrogen) atoms. The minimum absolute atomic E-state index is 0.191. The van der Waals surface area contributed by atoms with Gasteiger partial charge in [-0.05, 0) is 25.7 Å². The molecule has 136 valence electrons. The Morgan fingerprint density at radius 3 is 2.88 bits per heavy atom. The van der Waals surface area contributed by atoms with E-state index in [2.05, 4.69) is 40.4 Å². The predicted octanol–water partition coefficient (Wildman–Crippen LogP) is 2.24. The molecule has 0 bridgehead atoms. The summed E-state index contributed by atoms with van der Waals surface area (Å²) in [6.07, 6.45) is 10.6. The van der Waals surface area contributed by atoms with E-state index in [0.717, 1.165) is 17.4 Å². The van der Waals surface area contributed by atoms with Gasteiger partial charge in [-0.25, -0.2) is 4.79 Å². The van der Waals surface area contributed by atoms with Crippen molar-refractivity contribution in [2.24, 2.45) is 40.0 Å². The van der Waals surface area contributed by atoms with Gasteiger partial charge >= 0.3 is 5.69 Å². The summed E-state index contributed by atoms with van der Waals surface area (Å²) in [5, 5.41) is 8.56. The van der Waals surface area contributed by atoms with Crippen molar-refractivity contribution in [2.75, 3.05) is 6.54 Å². The van der Waals surface area contributed by atoms with Crippen molar-refractivity contribution >= 4 is 12.0 Å². The fraction of sp³-hybridized carbons (Fsp3) is 0.526. The number of hydrogen-bond acceptors (Lipinski definition) is 5. The molecule has 0 N–H and O–H groups in total. The molecule has 1 saturated carbocycles. The minimum atomic E-state index is -0.352. The van der Waals surface area contributed by atoms with Crippen molar-refractivity contribution in [2.45, 2.75) is 32.4 Å². The highest BCUT2D eigenvalue weighted by molar-refractivity contribution is 5.66. The molecule has 3 unspecified atom stereocenters. The third kappa shape index (κ3) is 3.25. The normalized spacial score (nSPS) is 27.2. The Morgan fingerprint density at radius 2 is 2.12 bits per heavy atom. The van der Waals surface area contributed by atoms with E-state index in [9.17, 15) is 9.59 Å². The standard InChI is InChI=1S/C19H23N5O2/c1-12-3-6-16-15(7-12)14(9-20-16)10-21-22-17-8-18(25)23(2)19(26)24(17)11-13-4-5-13/h3,6-9,13-16H,4-5,10-11H2,1-2H3. The molecule has 0 aromatic carbocycles. The van der Waals surface area contributed by atoms with Crippen molar-refractivity contribution < 1.29 is 0 Å². The maximum atomic E-state index is 12.4. The van der Waals surface area contributed by atoms with Crippen LogP contribution in [0.4, 0.5) is 5.82 Å². The van der Waals surface area contributed by atoms with Gasteiger partial charge in [0.1, 0.15) is 0 Å². The quantitative estimate of drug-likeness (QED) is 0.761. The second kappa shape index (κ2) is 6.63. The first-order chi connectivity index (χ1) is 12.5. The highest BCUT2D eigenvalue weighted by Gasteiger charge is 2.31. The lowest BCUT2D eigenvalue weighted by atomic mass is 9.85. The van der Waals surface area contributed by atoms with Gasteiger partial charge in [0.25, 0.3) is 5.56 Å². The van der Waals surface area contributed by atoms with Crippen LogP contribution in [0.25, 0.3) is 0 Å². The first kappa shape index (κ1) is 16.9. The fourth-order valence-corrected chi connectivity index (χ4v) is 3.52. The van der Waals surface area contributed by atoms with Gasteiger partial charge in [-0.2, -0.15) is 5.11 Å². The fourth-order valence-electron chi connectivity index (χ4n) is 3.52. The summed E-state index contributed by atoms with van der Waals surface area (Å²) in [4.78, 5) is 28.9. The van der Waals surface area contributed by atoms with Crippen LogP contribution in [0.1, 0.15) is 19.8 Å². The number of fused-ring (bicyclic) bond motifs is 1. The maximum absolute atomic E-state index is 12.4. The van der Waals surface area contributed by atoms with Crippen LogP contribution < -0.4 is 11.2 Å². The van der Waals surface area contributed by atoms with E-state index < -0.39 is 0 Å². The third-order valence-corrected chi connectivity index (χ3v) is 5.33. The lowest BCUT2D eigenvalue weighted by molar-refractivity contribution is 0.498. The molecule has 2 aliphatic carbocycles. The van der Waals surface area contributed by atoms with Crippen LogP contribution >= 0.6 is 0 Å². The number of allylic oxidation sites excluding steroid dienone is 2. The number of rotatable bonds is 5. The smallest absolute Gasteiger partial charge is 0.289 e. The molecule has 1 aliphatic heterocycles. The molecule has 0 amide bonds. The van der Waals surface area contributed by atoms with E-state index in [-0.39, 0.29) is 23.2 Å². The summed E-state index contributed by atoms with van der Waals surface area (Å²) in [6.45, 7) is 3.18. The van der Waals surface area contributed by atoms with E-state index in [1.54, 1.807) is 4.57 Å². The topological polar surface area (TPSA) is 81.1 Å². The van der Waals surface area contributed by atoms with Crippen molar-refractivity contribution in [3.63, 3.8) is 0 Å². The zero-order chi connectivity index (χ0) is 18.3. The van der Waals surface area contributed by atoms with Gasteiger partial charge in [0.15, 0.2) is 5.82 Å². The summed E-state index contributed by atoms with van der Waals surface area (Å²) in [7, 11) is 1.50. The zero-order valence-corrected chi connectivity index (χ0v) is 15.1. The Morgan fingerprint density at radius 1 is 1.31 bits per heavy atom. The predicted molar refractivity (Wildman–Crippen MR) is 100 cm³/mol. The lowest BCUT2D eigenvalue weighted by Crippen LogP contribution is -2.37. The van der Waals surface area contributed by atoms with Crippen LogP contribution in [-0.2, 0) is 13.6 Å².